The molecular formula is C22H21NO6S2. The third kappa shape index (κ3) is 3.75. The highest BCUT2D eigenvalue weighted by Crippen LogP contribution is 2.47. The normalized spacial score (nSPS) is 15.7. The number of fused-ring (bicyclic) bond motifs is 1. The lowest BCUT2D eigenvalue weighted by atomic mass is 9.90. The minimum Gasteiger partial charge on any atom is -0.497 e. The SMILES string of the molecule is COc1ccc(S(=O)(=O)c2csc3c2NC(=O)C[C@H]3c2ccc(OC)c(OC)c2)cc1. The molecule has 9 heteroatoms. The molecule has 2 aromatic carbocycles. The zero-order chi connectivity index (χ0) is 22.2. The molecule has 0 spiro atoms. The van der Waals surface area contributed by atoms with Gasteiger partial charge in [0.1, 0.15) is 10.6 Å². The number of ether oxygens (including phenoxy) is 3. The van der Waals surface area contributed by atoms with Gasteiger partial charge < -0.3 is 19.5 Å². The van der Waals surface area contributed by atoms with Gasteiger partial charge in [0.05, 0.1) is 31.9 Å². The molecule has 1 N–H and O–H groups in total. The number of amides is 1. The minimum absolute atomic E-state index is 0.0937. The van der Waals surface area contributed by atoms with Crippen LogP contribution in [0.1, 0.15) is 22.8 Å². The van der Waals surface area contributed by atoms with E-state index in [1.165, 1.54) is 30.6 Å². The highest BCUT2D eigenvalue weighted by molar-refractivity contribution is 7.91. The zero-order valence-electron chi connectivity index (χ0n) is 17.2. The fraction of sp³-hybridized carbons (Fsp3) is 0.227. The molecule has 0 saturated heterocycles. The molecule has 0 bridgehead atoms. The van der Waals surface area contributed by atoms with Gasteiger partial charge in [-0.25, -0.2) is 8.42 Å². The maximum Gasteiger partial charge on any atom is 0.225 e. The van der Waals surface area contributed by atoms with Crippen molar-refractivity contribution in [2.24, 2.45) is 0 Å². The van der Waals surface area contributed by atoms with Crippen LogP contribution in [0.15, 0.2) is 57.6 Å². The van der Waals surface area contributed by atoms with E-state index in [2.05, 4.69) is 5.32 Å². The van der Waals surface area contributed by atoms with Crippen molar-refractivity contribution in [2.75, 3.05) is 26.6 Å². The van der Waals surface area contributed by atoms with Crippen LogP contribution < -0.4 is 19.5 Å². The Kier molecular flexibility index (Phi) is 5.63. The number of hydrogen-bond donors (Lipinski definition) is 1. The first-order valence-corrected chi connectivity index (χ1v) is 11.8. The predicted octanol–water partition coefficient (Wildman–Crippen LogP) is 4.08. The number of methoxy groups -OCH3 is 3. The first-order chi connectivity index (χ1) is 14.9. The molecule has 0 saturated carbocycles. The Balaban J connectivity index is 1.78. The third-order valence-electron chi connectivity index (χ3n) is 5.23. The molecule has 1 aliphatic heterocycles. The van der Waals surface area contributed by atoms with Gasteiger partial charge in [-0.2, -0.15) is 0 Å². The summed E-state index contributed by atoms with van der Waals surface area (Å²) in [6, 6.07) is 11.6. The van der Waals surface area contributed by atoms with Crippen LogP contribution in [0.2, 0.25) is 0 Å². The van der Waals surface area contributed by atoms with E-state index in [1.807, 2.05) is 12.1 Å². The Labute approximate surface area is 184 Å². The van der Waals surface area contributed by atoms with E-state index in [0.717, 1.165) is 10.4 Å². The molecule has 0 aliphatic carbocycles. The van der Waals surface area contributed by atoms with Gasteiger partial charge in [0.25, 0.3) is 0 Å². The maximum absolute atomic E-state index is 13.3. The van der Waals surface area contributed by atoms with Crippen LogP contribution in [-0.4, -0.2) is 35.7 Å². The number of rotatable bonds is 6. The van der Waals surface area contributed by atoms with Crippen molar-refractivity contribution in [1.82, 2.24) is 0 Å². The summed E-state index contributed by atoms with van der Waals surface area (Å²) in [7, 11) is 0.799. The average Bonchev–Trinajstić information content (AvgIpc) is 3.22. The van der Waals surface area contributed by atoms with Gasteiger partial charge in [-0.15, -0.1) is 11.3 Å². The molecule has 1 amide bonds. The lowest BCUT2D eigenvalue weighted by molar-refractivity contribution is -0.116. The summed E-state index contributed by atoms with van der Waals surface area (Å²) in [5, 5.41) is 4.36. The summed E-state index contributed by atoms with van der Waals surface area (Å²) in [5.41, 5.74) is 1.20. The van der Waals surface area contributed by atoms with Crippen LogP contribution in [0, 0.1) is 0 Å². The van der Waals surface area contributed by atoms with Crippen LogP contribution >= 0.6 is 11.3 Å². The highest BCUT2D eigenvalue weighted by Gasteiger charge is 2.34. The number of carbonyl (C=O) groups excluding carboxylic acids is 1. The molecule has 1 aromatic heterocycles. The lowest BCUT2D eigenvalue weighted by Crippen LogP contribution is -2.23. The first kappa shape index (κ1) is 21.2. The quantitative estimate of drug-likeness (QED) is 0.597. The molecule has 31 heavy (non-hydrogen) atoms. The van der Waals surface area contributed by atoms with Gasteiger partial charge in [0.15, 0.2) is 11.5 Å². The molecular weight excluding hydrogens is 438 g/mol. The van der Waals surface area contributed by atoms with Gasteiger partial charge in [0.2, 0.25) is 15.7 Å². The fourth-order valence-electron chi connectivity index (χ4n) is 3.62. The second-order valence-electron chi connectivity index (χ2n) is 6.94. The Hall–Kier alpha value is -3.04. The number of benzene rings is 2. The summed E-state index contributed by atoms with van der Waals surface area (Å²) in [5.74, 6) is 1.18. The van der Waals surface area contributed by atoms with Crippen LogP contribution in [0.3, 0.4) is 0 Å². The van der Waals surface area contributed by atoms with Crippen molar-refractivity contribution >= 4 is 32.8 Å². The van der Waals surface area contributed by atoms with Gasteiger partial charge >= 0.3 is 0 Å². The summed E-state index contributed by atoms with van der Waals surface area (Å²) in [6.07, 6.45) is 0.213. The summed E-state index contributed by atoms with van der Waals surface area (Å²) in [4.78, 5) is 13.5. The van der Waals surface area contributed by atoms with Crippen LogP contribution in [0.5, 0.6) is 17.2 Å². The summed E-state index contributed by atoms with van der Waals surface area (Å²) < 4.78 is 42.3. The number of nitrogens with one attached hydrogen (secondary N) is 1. The number of thiophene rings is 1. The minimum atomic E-state index is -3.82. The molecule has 3 aromatic rings. The van der Waals surface area contributed by atoms with Crippen molar-refractivity contribution in [3.63, 3.8) is 0 Å². The second-order valence-corrected chi connectivity index (χ2v) is 9.77. The van der Waals surface area contributed by atoms with Crippen molar-refractivity contribution in [1.29, 1.82) is 0 Å². The Morgan fingerprint density at radius 1 is 0.968 bits per heavy atom. The maximum atomic E-state index is 13.3. The van der Waals surface area contributed by atoms with E-state index in [0.29, 0.717) is 22.9 Å². The predicted molar refractivity (Wildman–Crippen MR) is 117 cm³/mol. The Bertz CT molecular complexity index is 1230. The molecule has 0 unspecified atom stereocenters. The number of hydrogen-bond acceptors (Lipinski definition) is 7. The zero-order valence-corrected chi connectivity index (χ0v) is 18.8. The molecule has 0 fully saturated rings. The first-order valence-electron chi connectivity index (χ1n) is 9.41. The average molecular weight is 460 g/mol. The highest BCUT2D eigenvalue weighted by atomic mass is 32.2. The van der Waals surface area contributed by atoms with E-state index >= 15 is 0 Å². The van der Waals surface area contributed by atoms with Crippen molar-refractivity contribution in [3.05, 3.63) is 58.3 Å². The molecule has 1 aliphatic rings. The largest absolute Gasteiger partial charge is 0.497 e. The van der Waals surface area contributed by atoms with E-state index in [9.17, 15) is 13.2 Å². The van der Waals surface area contributed by atoms with E-state index in [-0.39, 0.29) is 28.0 Å². The topological polar surface area (TPSA) is 90.9 Å². The van der Waals surface area contributed by atoms with Gasteiger partial charge in [-0.05, 0) is 42.0 Å². The van der Waals surface area contributed by atoms with Crippen molar-refractivity contribution in [2.45, 2.75) is 22.1 Å². The Morgan fingerprint density at radius 3 is 2.32 bits per heavy atom. The van der Waals surface area contributed by atoms with E-state index < -0.39 is 9.84 Å². The van der Waals surface area contributed by atoms with Gasteiger partial charge in [-0.1, -0.05) is 6.07 Å². The molecule has 162 valence electrons. The second kappa shape index (κ2) is 8.24. The lowest BCUT2D eigenvalue weighted by Gasteiger charge is -2.24. The number of carbonyl (C=O) groups is 1. The van der Waals surface area contributed by atoms with Crippen molar-refractivity contribution in [3.8, 4) is 17.2 Å². The molecule has 7 nitrogen and oxygen atoms in total. The number of anilines is 1. The van der Waals surface area contributed by atoms with Crippen LogP contribution in [0.4, 0.5) is 5.69 Å². The van der Waals surface area contributed by atoms with E-state index in [1.54, 1.807) is 37.8 Å². The van der Waals surface area contributed by atoms with Crippen molar-refractivity contribution < 1.29 is 27.4 Å². The fourth-order valence-corrected chi connectivity index (χ4v) is 6.53. The smallest absolute Gasteiger partial charge is 0.225 e. The summed E-state index contributed by atoms with van der Waals surface area (Å²) in [6.45, 7) is 0. The molecule has 1 atom stereocenters. The van der Waals surface area contributed by atoms with Gasteiger partial charge in [-0.3, -0.25) is 4.79 Å². The van der Waals surface area contributed by atoms with Crippen LogP contribution in [0.25, 0.3) is 0 Å². The van der Waals surface area contributed by atoms with Gasteiger partial charge in [0, 0.05) is 22.6 Å². The standard InChI is InChI=1S/C22H21NO6S2/c1-27-14-5-7-15(8-6-14)31(25,26)19-12-30-22-16(11-20(24)23-21(19)22)13-4-9-17(28-2)18(10-13)29-3/h4-10,12,16H,11H2,1-3H3,(H,23,24)/t16-/m0/s1. The summed E-state index contributed by atoms with van der Waals surface area (Å²) >= 11 is 1.32. The Morgan fingerprint density at radius 2 is 1.68 bits per heavy atom. The third-order valence-corrected chi connectivity index (χ3v) is 8.26. The molecule has 2 heterocycles. The molecule has 4 rings (SSSR count). The monoisotopic (exact) mass is 459 g/mol. The number of sulfone groups is 1. The van der Waals surface area contributed by atoms with E-state index in [4.69, 9.17) is 14.2 Å². The van der Waals surface area contributed by atoms with Crippen LogP contribution in [-0.2, 0) is 14.6 Å². The molecule has 0 radical (unpaired) electrons.